The van der Waals surface area contributed by atoms with E-state index in [1.165, 1.54) is 19.2 Å². The Hall–Kier alpha value is -5.96. The number of anilines is 1. The quantitative estimate of drug-likeness (QED) is 0.0755. The third-order valence-corrected chi connectivity index (χ3v) is 9.96. The number of oxime groups is 1. The number of nitrogens with one attached hydrogen (secondary N) is 1. The Kier molecular flexibility index (Phi) is 10.3. The second-order valence-electron chi connectivity index (χ2n) is 12.3. The summed E-state index contributed by atoms with van der Waals surface area (Å²) in [6, 6.07) is 8.29. The molecule has 1 aliphatic rings. The van der Waals surface area contributed by atoms with Crippen LogP contribution in [0.3, 0.4) is 0 Å². The Morgan fingerprint density at radius 3 is 2.54 bits per heavy atom. The van der Waals surface area contributed by atoms with Gasteiger partial charge in [0.15, 0.2) is 34.0 Å². The van der Waals surface area contributed by atoms with Crippen LogP contribution in [-0.2, 0) is 47.0 Å². The average molecular weight is 757 g/mol. The van der Waals surface area contributed by atoms with Crippen molar-refractivity contribution < 1.29 is 42.6 Å². The van der Waals surface area contributed by atoms with E-state index in [2.05, 4.69) is 20.2 Å². The molecule has 0 radical (unpaired) electrons. The van der Waals surface area contributed by atoms with Crippen LogP contribution in [0.5, 0.6) is 5.75 Å². The zero-order valence-corrected chi connectivity index (χ0v) is 29.4. The molecular weight excluding hydrogens is 725 g/mol. The highest BCUT2D eigenvalue weighted by molar-refractivity contribution is 7.90. The number of amides is 2. The number of nitrogens with zero attached hydrogens (tertiary/aromatic N) is 6. The van der Waals surface area contributed by atoms with Gasteiger partial charge in [0, 0.05) is 37.2 Å². The predicted molar refractivity (Wildman–Crippen MR) is 184 cm³/mol. The average Bonchev–Trinajstić information content (AvgIpc) is 3.65. The fraction of sp³-hybridized carbons (Fsp3) is 0.323. The van der Waals surface area contributed by atoms with Crippen molar-refractivity contribution in [2.24, 2.45) is 11.1 Å². The molecule has 1 aliphatic heterocycles. The van der Waals surface area contributed by atoms with Crippen LogP contribution >= 0.6 is 11.3 Å². The Labute approximate surface area is 298 Å². The van der Waals surface area contributed by atoms with Crippen molar-refractivity contribution in [2.75, 3.05) is 18.0 Å². The maximum atomic E-state index is 13.5. The number of carbonyl (C=O) groups excluding carboxylic acids is 3. The van der Waals surface area contributed by atoms with Crippen LogP contribution in [0.1, 0.15) is 37.1 Å². The number of nitrogens with two attached hydrogens (primary N) is 1. The molecule has 0 saturated carbocycles. The topological polar surface area (TPSA) is 279 Å². The molecule has 21 heteroatoms. The molecule has 1 saturated heterocycles. The minimum atomic E-state index is -4.85. The summed E-state index contributed by atoms with van der Waals surface area (Å²) in [7, 11) is -4.85. The van der Waals surface area contributed by atoms with E-state index in [0.29, 0.717) is 4.90 Å². The van der Waals surface area contributed by atoms with Crippen molar-refractivity contribution >= 4 is 55.8 Å². The summed E-state index contributed by atoms with van der Waals surface area (Å²) in [6.07, 6.45) is 0.697. The number of H-pyrrole nitrogens is 1. The molecule has 1 atom stereocenters. The summed E-state index contributed by atoms with van der Waals surface area (Å²) in [5.41, 5.74) is 3.10. The third kappa shape index (κ3) is 7.84. The van der Waals surface area contributed by atoms with Crippen LogP contribution in [0.2, 0.25) is 0 Å². The molecule has 5 rings (SSSR count). The minimum absolute atomic E-state index is 0.0287. The minimum Gasteiger partial charge on any atom is -0.503 e. The van der Waals surface area contributed by atoms with E-state index in [9.17, 15) is 47.4 Å². The number of carbonyl (C=O) groups is 4. The zero-order chi connectivity index (χ0) is 38.1. The van der Waals surface area contributed by atoms with Gasteiger partial charge in [0.2, 0.25) is 22.8 Å². The Bertz CT molecular complexity index is 2350. The highest BCUT2D eigenvalue weighted by atomic mass is 32.2. The van der Waals surface area contributed by atoms with Crippen molar-refractivity contribution in [1.29, 1.82) is 0 Å². The van der Waals surface area contributed by atoms with Crippen molar-refractivity contribution in [1.82, 2.24) is 28.6 Å². The number of thiazole rings is 1. The first-order valence-corrected chi connectivity index (χ1v) is 17.9. The van der Waals surface area contributed by atoms with Crippen LogP contribution in [0.15, 0.2) is 56.7 Å². The number of carboxylic acid groups (broad SMARTS) is 1. The number of hydrogen-bond donors (Lipinski definition) is 4. The van der Waals surface area contributed by atoms with E-state index in [1.807, 2.05) is 25.1 Å². The molecule has 0 bridgehead atoms. The maximum absolute atomic E-state index is 13.5. The maximum Gasteiger partial charge on any atom is 0.360 e. The van der Waals surface area contributed by atoms with E-state index in [0.717, 1.165) is 39.3 Å². The lowest BCUT2D eigenvalue weighted by atomic mass is 9.91. The monoisotopic (exact) mass is 756 g/mol. The van der Waals surface area contributed by atoms with Crippen molar-refractivity contribution in [2.45, 2.75) is 45.8 Å². The summed E-state index contributed by atoms with van der Waals surface area (Å²) in [6.45, 7) is 3.83. The van der Waals surface area contributed by atoms with Crippen LogP contribution in [0, 0.1) is 12.8 Å². The molecule has 0 spiro atoms. The van der Waals surface area contributed by atoms with Gasteiger partial charge in [-0.2, -0.15) is 0 Å². The van der Waals surface area contributed by atoms with E-state index in [1.54, 1.807) is 6.07 Å². The van der Waals surface area contributed by atoms with Gasteiger partial charge in [-0.05, 0) is 32.8 Å². The van der Waals surface area contributed by atoms with Crippen molar-refractivity contribution in [3.05, 3.63) is 79.4 Å². The summed E-state index contributed by atoms with van der Waals surface area (Å²) >= 11 is 0.970. The molecule has 0 aliphatic carbocycles. The van der Waals surface area contributed by atoms with Gasteiger partial charge < -0.3 is 25.8 Å². The molecule has 0 unspecified atom stereocenters. The number of ketones is 1. The second-order valence-corrected chi connectivity index (χ2v) is 15.0. The number of hydrogen-bond acceptors (Lipinski definition) is 15. The Morgan fingerprint density at radius 1 is 1.19 bits per heavy atom. The summed E-state index contributed by atoms with van der Waals surface area (Å²) in [5.74, 6) is -7.54. The largest absolute Gasteiger partial charge is 0.503 e. The number of carboxylic acids is 1. The van der Waals surface area contributed by atoms with Crippen LogP contribution in [0.4, 0.5) is 5.13 Å². The Balaban J connectivity index is 1.33. The van der Waals surface area contributed by atoms with Gasteiger partial charge in [-0.1, -0.05) is 35.0 Å². The van der Waals surface area contributed by atoms with Crippen LogP contribution in [-0.4, -0.2) is 94.4 Å². The van der Waals surface area contributed by atoms with Crippen molar-refractivity contribution in [3.63, 3.8) is 0 Å². The lowest BCUT2D eigenvalue weighted by molar-refractivity contribution is -0.161. The zero-order valence-electron chi connectivity index (χ0n) is 27.8. The number of pyridine rings is 1. The molecule has 2 amide bonds. The number of aromatic hydroxyl groups is 1. The molecule has 1 fully saturated rings. The second kappa shape index (κ2) is 14.3. The van der Waals surface area contributed by atoms with Crippen LogP contribution < -0.4 is 16.9 Å². The first-order chi connectivity index (χ1) is 24.4. The van der Waals surface area contributed by atoms with Gasteiger partial charge in [0.1, 0.15) is 5.69 Å². The first kappa shape index (κ1) is 37.3. The number of aryl methyl sites for hydroxylation is 2. The fourth-order valence-corrected chi connectivity index (χ4v) is 6.66. The molecule has 274 valence electrons. The van der Waals surface area contributed by atoms with E-state index < -0.39 is 79.9 Å². The molecule has 5 N–H and O–H groups in total. The number of aromatic nitrogens is 5. The normalized spacial score (nSPS) is 15.0. The number of nitrogen functional groups attached to an aromatic ring is 1. The molecule has 4 aromatic rings. The standard InChI is InChI=1S/C31H32N8O11S2/c1-16-5-4-6-17(9-16)7-8-37-26(19-11-21(40)23(42)12-33-19)35-39(30(37)47)52(48,49)15-24(43)38-13-18(27(38)44)10-22(41)25(20-14-51-29(32)34-20)36-50-31(2,3)28(45)46/h4-6,9,11-12,14,18,42H,7-8,10,13,15H2,1-3H3,(H2,32,34)(H,33,40)(H,45,46)/b36-25-/t18-/m0/s1. The molecule has 19 nitrogen and oxygen atoms in total. The summed E-state index contributed by atoms with van der Waals surface area (Å²) < 4.78 is 28.0. The van der Waals surface area contributed by atoms with E-state index in [4.69, 9.17) is 10.6 Å². The predicted octanol–water partition coefficient (Wildman–Crippen LogP) is 0.102. The summed E-state index contributed by atoms with van der Waals surface area (Å²) in [5, 5.41) is 28.1. The lowest BCUT2D eigenvalue weighted by Gasteiger charge is -2.36. The van der Waals surface area contributed by atoms with Gasteiger partial charge in [-0.3, -0.25) is 28.6 Å². The first-order valence-electron chi connectivity index (χ1n) is 15.4. The number of aliphatic carboxylic acids is 1. The third-order valence-electron chi connectivity index (χ3n) is 7.90. The number of rotatable bonds is 14. The number of imide groups is 1. The molecule has 4 heterocycles. The van der Waals surface area contributed by atoms with E-state index in [-0.39, 0.29) is 45.9 Å². The number of benzene rings is 1. The van der Waals surface area contributed by atoms with E-state index >= 15 is 0 Å². The highest BCUT2D eigenvalue weighted by Gasteiger charge is 2.44. The molecule has 3 aromatic heterocycles. The molecule has 1 aromatic carbocycles. The van der Waals surface area contributed by atoms with Gasteiger partial charge in [-0.15, -0.1) is 20.5 Å². The SMILES string of the molecule is Cc1cccc(CCn2c(-c3cc(=O)c(O)c[nH]3)nn(S(=O)(=O)CC(=O)N3C[C@H](CC(=O)/C(=N\OC(C)(C)C(=O)O)c4csc(N)n4)C3=O)c2=O)c1. The van der Waals surface area contributed by atoms with Gasteiger partial charge in [-0.25, -0.2) is 23.0 Å². The molecule has 52 heavy (non-hydrogen) atoms. The summed E-state index contributed by atoms with van der Waals surface area (Å²) in [4.78, 5) is 88.6. The van der Waals surface area contributed by atoms with Crippen LogP contribution in [0.25, 0.3) is 11.5 Å². The molecular formula is C31H32N8O11S2. The van der Waals surface area contributed by atoms with Gasteiger partial charge >= 0.3 is 11.7 Å². The number of aromatic amines is 1. The smallest absolute Gasteiger partial charge is 0.360 e. The number of Topliss-reactive ketones (excluding diaryl/α,β-unsaturated/α-hetero) is 1. The number of β-lactam (4-membered cyclic amide) rings is 1. The number of likely N-dealkylation sites (tertiary alicyclic amines) is 1. The van der Waals surface area contributed by atoms with Gasteiger partial charge in [0.05, 0.1) is 11.6 Å². The van der Waals surface area contributed by atoms with Gasteiger partial charge in [0.25, 0.3) is 10.0 Å². The fourth-order valence-electron chi connectivity index (χ4n) is 4.98. The lowest BCUT2D eigenvalue weighted by Crippen LogP contribution is -2.57. The Morgan fingerprint density at radius 2 is 1.92 bits per heavy atom. The highest BCUT2D eigenvalue weighted by Crippen LogP contribution is 2.25. The van der Waals surface area contributed by atoms with Crippen molar-refractivity contribution in [3.8, 4) is 17.3 Å².